The molecule has 0 saturated carbocycles. The number of hydrogen-bond donors (Lipinski definition) is 2. The summed E-state index contributed by atoms with van der Waals surface area (Å²) in [7, 11) is 0. The number of carbonyl (C=O) groups is 1. The van der Waals surface area contributed by atoms with E-state index in [9.17, 15) is 4.79 Å². The van der Waals surface area contributed by atoms with Crippen LogP contribution in [0.2, 0.25) is 0 Å². The molecule has 0 saturated heterocycles. The van der Waals surface area contributed by atoms with E-state index in [1.165, 1.54) is 11.1 Å². The van der Waals surface area contributed by atoms with Crippen LogP contribution in [0.5, 0.6) is 0 Å². The van der Waals surface area contributed by atoms with Gasteiger partial charge in [-0.05, 0) is 35.5 Å². The normalized spacial score (nSPS) is 19.6. The highest BCUT2D eigenvalue weighted by molar-refractivity contribution is 7.98. The zero-order valence-corrected chi connectivity index (χ0v) is 12.4. The SMILES string of the molecule is CSCC(C)CNC(=O)[C@@H]1Cc2ccccc2CN1. The third-order valence-corrected chi connectivity index (χ3v) is 4.38. The van der Waals surface area contributed by atoms with Crippen LogP contribution >= 0.6 is 11.8 Å². The van der Waals surface area contributed by atoms with Crippen LogP contribution < -0.4 is 10.6 Å². The van der Waals surface area contributed by atoms with Gasteiger partial charge in [-0.15, -0.1) is 0 Å². The maximum Gasteiger partial charge on any atom is 0.237 e. The van der Waals surface area contributed by atoms with E-state index in [1.807, 2.05) is 23.9 Å². The second-order valence-electron chi connectivity index (χ2n) is 5.21. The molecular weight excluding hydrogens is 256 g/mol. The molecule has 19 heavy (non-hydrogen) atoms. The van der Waals surface area contributed by atoms with Crippen LogP contribution in [0.3, 0.4) is 0 Å². The summed E-state index contributed by atoms with van der Waals surface area (Å²) < 4.78 is 0. The highest BCUT2D eigenvalue weighted by Crippen LogP contribution is 2.16. The summed E-state index contributed by atoms with van der Waals surface area (Å²) in [6.07, 6.45) is 2.89. The fourth-order valence-corrected chi connectivity index (χ4v) is 3.07. The molecule has 1 heterocycles. The molecule has 104 valence electrons. The summed E-state index contributed by atoms with van der Waals surface area (Å²) in [5, 5.41) is 6.37. The Balaban J connectivity index is 1.85. The average Bonchev–Trinajstić information content (AvgIpc) is 2.44. The minimum atomic E-state index is -0.0867. The molecule has 0 spiro atoms. The zero-order valence-electron chi connectivity index (χ0n) is 11.6. The van der Waals surface area contributed by atoms with Crippen molar-refractivity contribution in [2.45, 2.75) is 25.9 Å². The van der Waals surface area contributed by atoms with E-state index >= 15 is 0 Å². The summed E-state index contributed by atoms with van der Waals surface area (Å²) >= 11 is 1.82. The summed E-state index contributed by atoms with van der Waals surface area (Å²) in [6.45, 7) is 3.72. The Kier molecular flexibility index (Phi) is 5.28. The molecule has 0 fully saturated rings. The fourth-order valence-electron chi connectivity index (χ4n) is 2.38. The maximum absolute atomic E-state index is 12.1. The van der Waals surface area contributed by atoms with E-state index in [4.69, 9.17) is 0 Å². The predicted octanol–water partition coefficient (Wildman–Crippen LogP) is 1.82. The van der Waals surface area contributed by atoms with Gasteiger partial charge in [0.25, 0.3) is 0 Å². The monoisotopic (exact) mass is 278 g/mol. The molecule has 0 aliphatic carbocycles. The fraction of sp³-hybridized carbons (Fsp3) is 0.533. The van der Waals surface area contributed by atoms with Gasteiger partial charge in [-0.25, -0.2) is 0 Å². The van der Waals surface area contributed by atoms with Crippen molar-refractivity contribution in [2.75, 3.05) is 18.6 Å². The molecule has 1 amide bonds. The van der Waals surface area contributed by atoms with E-state index < -0.39 is 0 Å². The summed E-state index contributed by atoms with van der Waals surface area (Å²) in [5.74, 6) is 1.73. The molecule has 0 radical (unpaired) electrons. The second kappa shape index (κ2) is 6.96. The minimum absolute atomic E-state index is 0.0867. The Hall–Kier alpha value is -1.00. The number of hydrogen-bond acceptors (Lipinski definition) is 3. The number of nitrogens with one attached hydrogen (secondary N) is 2. The first-order chi connectivity index (χ1) is 9.20. The van der Waals surface area contributed by atoms with Gasteiger partial charge in [0.2, 0.25) is 5.91 Å². The molecular formula is C15H22N2OS. The van der Waals surface area contributed by atoms with Gasteiger partial charge in [0.15, 0.2) is 0 Å². The Labute approximate surface area is 119 Å². The molecule has 0 aromatic heterocycles. The van der Waals surface area contributed by atoms with E-state index in [1.54, 1.807) is 0 Å². The lowest BCUT2D eigenvalue weighted by atomic mass is 9.95. The number of amides is 1. The number of fused-ring (bicyclic) bond motifs is 1. The second-order valence-corrected chi connectivity index (χ2v) is 6.12. The van der Waals surface area contributed by atoms with Crippen molar-refractivity contribution in [3.05, 3.63) is 35.4 Å². The third kappa shape index (κ3) is 3.98. The van der Waals surface area contributed by atoms with Crippen LogP contribution in [0.1, 0.15) is 18.1 Å². The quantitative estimate of drug-likeness (QED) is 0.863. The van der Waals surface area contributed by atoms with Gasteiger partial charge in [0, 0.05) is 13.1 Å². The highest BCUT2D eigenvalue weighted by Gasteiger charge is 2.23. The Bertz CT molecular complexity index is 436. The molecule has 2 rings (SSSR count). The molecule has 1 aromatic carbocycles. The van der Waals surface area contributed by atoms with E-state index in [0.29, 0.717) is 5.92 Å². The highest BCUT2D eigenvalue weighted by atomic mass is 32.2. The summed E-state index contributed by atoms with van der Waals surface area (Å²) in [4.78, 5) is 12.1. The molecule has 1 unspecified atom stereocenters. The van der Waals surface area contributed by atoms with Crippen LogP contribution in [-0.2, 0) is 17.8 Å². The van der Waals surface area contributed by atoms with Crippen molar-refractivity contribution in [3.8, 4) is 0 Å². The van der Waals surface area contributed by atoms with Crippen LogP contribution in [0, 0.1) is 5.92 Å². The van der Waals surface area contributed by atoms with Crippen LogP contribution in [0.25, 0.3) is 0 Å². The molecule has 2 atom stereocenters. The van der Waals surface area contributed by atoms with Gasteiger partial charge in [-0.3, -0.25) is 4.79 Å². The largest absolute Gasteiger partial charge is 0.354 e. The van der Waals surface area contributed by atoms with E-state index in [-0.39, 0.29) is 11.9 Å². The average molecular weight is 278 g/mol. The maximum atomic E-state index is 12.1. The van der Waals surface area contributed by atoms with Crippen LogP contribution in [0.4, 0.5) is 0 Å². The van der Waals surface area contributed by atoms with E-state index in [2.05, 4.69) is 35.9 Å². The first kappa shape index (κ1) is 14.4. The topological polar surface area (TPSA) is 41.1 Å². The lowest BCUT2D eigenvalue weighted by Crippen LogP contribution is -2.48. The minimum Gasteiger partial charge on any atom is -0.354 e. The van der Waals surface area contributed by atoms with Crippen LogP contribution in [0.15, 0.2) is 24.3 Å². The van der Waals surface area contributed by atoms with Crippen molar-refractivity contribution in [1.82, 2.24) is 10.6 Å². The number of rotatable bonds is 5. The Morgan fingerprint density at radius 3 is 2.95 bits per heavy atom. The van der Waals surface area contributed by atoms with Gasteiger partial charge in [-0.1, -0.05) is 31.2 Å². The predicted molar refractivity (Wildman–Crippen MR) is 81.3 cm³/mol. The number of benzene rings is 1. The Morgan fingerprint density at radius 2 is 2.21 bits per heavy atom. The number of thioether (sulfide) groups is 1. The molecule has 1 aliphatic heterocycles. The summed E-state index contributed by atoms with van der Waals surface area (Å²) in [5.41, 5.74) is 2.60. The van der Waals surface area contributed by atoms with Gasteiger partial charge >= 0.3 is 0 Å². The molecule has 2 N–H and O–H groups in total. The van der Waals surface area contributed by atoms with Crippen molar-refractivity contribution in [1.29, 1.82) is 0 Å². The molecule has 1 aliphatic rings. The lowest BCUT2D eigenvalue weighted by Gasteiger charge is -2.25. The Morgan fingerprint density at radius 1 is 1.47 bits per heavy atom. The zero-order chi connectivity index (χ0) is 13.7. The molecule has 0 bridgehead atoms. The lowest BCUT2D eigenvalue weighted by molar-refractivity contribution is -0.123. The van der Waals surface area contributed by atoms with Crippen molar-refractivity contribution < 1.29 is 4.79 Å². The van der Waals surface area contributed by atoms with Gasteiger partial charge in [-0.2, -0.15) is 11.8 Å². The molecule has 1 aromatic rings. The first-order valence-corrected chi connectivity index (χ1v) is 8.17. The van der Waals surface area contributed by atoms with E-state index in [0.717, 1.165) is 25.3 Å². The number of carbonyl (C=O) groups excluding carboxylic acids is 1. The summed E-state index contributed by atoms with van der Waals surface area (Å²) in [6, 6.07) is 8.24. The van der Waals surface area contributed by atoms with Crippen LogP contribution in [-0.4, -0.2) is 30.5 Å². The van der Waals surface area contributed by atoms with Gasteiger partial charge < -0.3 is 10.6 Å². The van der Waals surface area contributed by atoms with Crippen molar-refractivity contribution in [3.63, 3.8) is 0 Å². The van der Waals surface area contributed by atoms with Gasteiger partial charge in [0.05, 0.1) is 6.04 Å². The van der Waals surface area contributed by atoms with Crippen molar-refractivity contribution in [2.24, 2.45) is 5.92 Å². The van der Waals surface area contributed by atoms with Crippen molar-refractivity contribution >= 4 is 17.7 Å². The first-order valence-electron chi connectivity index (χ1n) is 6.77. The molecule has 4 heteroatoms. The third-order valence-electron chi connectivity index (χ3n) is 3.47. The molecule has 3 nitrogen and oxygen atoms in total. The standard InChI is InChI=1S/C15H22N2OS/c1-11(10-19-2)8-17-15(18)14-7-12-5-3-4-6-13(12)9-16-14/h3-6,11,14,16H,7-10H2,1-2H3,(H,17,18)/t11?,14-/m0/s1. The van der Waals surface area contributed by atoms with Gasteiger partial charge in [0.1, 0.15) is 0 Å². The smallest absolute Gasteiger partial charge is 0.237 e.